The van der Waals surface area contributed by atoms with Crippen molar-refractivity contribution in [2.75, 3.05) is 0 Å². The maximum absolute atomic E-state index is 11.4. The van der Waals surface area contributed by atoms with Crippen LogP contribution >= 0.6 is 0 Å². The third kappa shape index (κ3) is 5.64. The van der Waals surface area contributed by atoms with Gasteiger partial charge in [0.15, 0.2) is 0 Å². The number of hydrogen-bond donors (Lipinski definition) is 2. The molecule has 2 nitrogen and oxygen atoms in total. The maximum Gasteiger partial charge on any atom is 0.123 e. The van der Waals surface area contributed by atoms with E-state index in [1.807, 2.05) is 0 Å². The summed E-state index contributed by atoms with van der Waals surface area (Å²) in [5.74, 6) is 0.726. The Hall–Kier alpha value is -1.96. The van der Waals surface area contributed by atoms with Crippen molar-refractivity contribution in [3.05, 3.63) is 57.6 Å². The zero-order valence-corrected chi connectivity index (χ0v) is 21.3. The van der Waals surface area contributed by atoms with Crippen molar-refractivity contribution < 1.29 is 10.2 Å². The first-order valence-electron chi connectivity index (χ1n) is 12.1. The van der Waals surface area contributed by atoms with Crippen LogP contribution in [0, 0.1) is 0 Å². The average Bonchev–Trinajstić information content (AvgIpc) is 2.65. The monoisotopic (exact) mass is 424 g/mol. The minimum Gasteiger partial charge on any atom is -0.507 e. The second-order valence-corrected chi connectivity index (χ2v) is 11.1. The summed E-state index contributed by atoms with van der Waals surface area (Å²) >= 11 is 0. The van der Waals surface area contributed by atoms with Crippen molar-refractivity contribution in [3.8, 4) is 11.5 Å². The van der Waals surface area contributed by atoms with Crippen LogP contribution in [0.1, 0.15) is 121 Å². The first-order chi connectivity index (χ1) is 14.3. The van der Waals surface area contributed by atoms with Crippen molar-refractivity contribution in [2.24, 2.45) is 0 Å². The molecule has 0 fully saturated rings. The molecular weight excluding hydrogens is 380 g/mol. The number of rotatable bonds is 7. The molecule has 0 aliphatic carbocycles. The Morgan fingerprint density at radius 2 is 1.00 bits per heavy atom. The quantitative estimate of drug-likeness (QED) is 0.471. The van der Waals surface area contributed by atoms with Crippen LogP contribution in [0.25, 0.3) is 0 Å². The van der Waals surface area contributed by atoms with Gasteiger partial charge in [-0.15, -0.1) is 0 Å². The lowest BCUT2D eigenvalue weighted by atomic mass is 9.77. The predicted molar refractivity (Wildman–Crippen MR) is 134 cm³/mol. The molecule has 0 saturated carbocycles. The predicted octanol–water partition coefficient (Wildman–Crippen LogP) is 8.14. The highest BCUT2D eigenvalue weighted by molar-refractivity contribution is 5.56. The Kier molecular flexibility index (Phi) is 7.89. The summed E-state index contributed by atoms with van der Waals surface area (Å²) in [6.45, 7) is 19.4. The molecule has 0 aliphatic rings. The molecule has 0 saturated heterocycles. The molecule has 0 aliphatic heterocycles. The van der Waals surface area contributed by atoms with Crippen LogP contribution in [-0.2, 0) is 23.7 Å². The van der Waals surface area contributed by atoms with Gasteiger partial charge in [0.1, 0.15) is 11.5 Å². The van der Waals surface area contributed by atoms with Gasteiger partial charge >= 0.3 is 0 Å². The van der Waals surface area contributed by atoms with Crippen LogP contribution in [-0.4, -0.2) is 10.2 Å². The van der Waals surface area contributed by atoms with Crippen LogP contribution in [0.3, 0.4) is 0 Å². The van der Waals surface area contributed by atoms with E-state index in [4.69, 9.17) is 0 Å². The largest absolute Gasteiger partial charge is 0.507 e. The number of hydrogen-bond acceptors (Lipinski definition) is 2. The van der Waals surface area contributed by atoms with Crippen LogP contribution in [0.2, 0.25) is 0 Å². The lowest BCUT2D eigenvalue weighted by Crippen LogP contribution is -2.16. The van der Waals surface area contributed by atoms with Gasteiger partial charge in [-0.2, -0.15) is 0 Å². The van der Waals surface area contributed by atoms with Gasteiger partial charge in [-0.25, -0.2) is 0 Å². The highest BCUT2D eigenvalue weighted by Crippen LogP contribution is 2.46. The van der Waals surface area contributed by atoms with Crippen LogP contribution < -0.4 is 0 Å². The summed E-state index contributed by atoms with van der Waals surface area (Å²) in [4.78, 5) is 0. The van der Waals surface area contributed by atoms with E-state index in [0.717, 1.165) is 54.4 Å². The van der Waals surface area contributed by atoms with Gasteiger partial charge in [0.25, 0.3) is 0 Å². The fourth-order valence-electron chi connectivity index (χ4n) is 4.59. The summed E-state index contributed by atoms with van der Waals surface area (Å²) in [5.41, 5.74) is 6.11. The second kappa shape index (κ2) is 9.67. The van der Waals surface area contributed by atoms with Crippen molar-refractivity contribution in [1.82, 2.24) is 0 Å². The molecule has 2 heteroatoms. The van der Waals surface area contributed by atoms with E-state index >= 15 is 0 Å². The molecular formula is C29H44O2. The summed E-state index contributed by atoms with van der Waals surface area (Å²) in [7, 11) is 0. The van der Waals surface area contributed by atoms with Gasteiger partial charge in [-0.1, -0.05) is 99.4 Å². The van der Waals surface area contributed by atoms with Crippen molar-refractivity contribution >= 4 is 0 Å². The van der Waals surface area contributed by atoms with E-state index in [-0.39, 0.29) is 16.7 Å². The number of aryl methyl sites for hydroxylation is 2. The Balaban J connectivity index is 2.81. The molecule has 0 radical (unpaired) electrons. The van der Waals surface area contributed by atoms with E-state index in [0.29, 0.717) is 11.5 Å². The molecule has 172 valence electrons. The SMILES string of the molecule is CCCc1cc(C(CC)c2cc(CCC)cc(C(C)(C)C)c2O)c(O)c(C(C)(C)C)c1. The number of benzene rings is 2. The standard InChI is InChI=1S/C29H44O2/c1-10-13-19-15-22(26(30)24(17-19)28(4,5)6)21(12-3)23-16-20(14-11-2)18-25(27(23)31)29(7,8)9/h15-18,21,30-31H,10-14H2,1-9H3. The van der Waals surface area contributed by atoms with Gasteiger partial charge in [0.2, 0.25) is 0 Å². The highest BCUT2D eigenvalue weighted by Gasteiger charge is 2.29. The summed E-state index contributed by atoms with van der Waals surface area (Å²) in [6.07, 6.45) is 4.93. The van der Waals surface area contributed by atoms with Crippen LogP contribution in [0.4, 0.5) is 0 Å². The molecule has 0 bridgehead atoms. The minimum atomic E-state index is -0.149. The Morgan fingerprint density at radius 3 is 1.26 bits per heavy atom. The average molecular weight is 425 g/mol. The first-order valence-corrected chi connectivity index (χ1v) is 12.1. The maximum atomic E-state index is 11.4. The van der Waals surface area contributed by atoms with Gasteiger partial charge in [0.05, 0.1) is 0 Å². The molecule has 0 amide bonds. The topological polar surface area (TPSA) is 40.5 Å². The normalized spacial score (nSPS) is 12.6. The Bertz CT molecular complexity index is 821. The van der Waals surface area contributed by atoms with E-state index in [2.05, 4.69) is 86.6 Å². The summed E-state index contributed by atoms with van der Waals surface area (Å²) in [5, 5.41) is 22.8. The summed E-state index contributed by atoms with van der Waals surface area (Å²) in [6, 6.07) is 8.68. The van der Waals surface area contributed by atoms with Gasteiger partial charge < -0.3 is 10.2 Å². The molecule has 2 N–H and O–H groups in total. The molecule has 2 rings (SSSR count). The molecule has 0 unspecified atom stereocenters. The van der Waals surface area contributed by atoms with Gasteiger partial charge in [0, 0.05) is 17.0 Å². The van der Waals surface area contributed by atoms with E-state index in [9.17, 15) is 10.2 Å². The van der Waals surface area contributed by atoms with E-state index in [1.165, 1.54) is 11.1 Å². The molecule has 31 heavy (non-hydrogen) atoms. The number of phenolic OH excluding ortho intramolecular Hbond substituents is 2. The van der Waals surface area contributed by atoms with Gasteiger partial charge in [-0.3, -0.25) is 0 Å². The first kappa shape index (κ1) is 25.3. The Labute approximate surface area is 190 Å². The molecule has 2 aromatic carbocycles. The lowest BCUT2D eigenvalue weighted by Gasteiger charge is -2.29. The van der Waals surface area contributed by atoms with E-state index in [1.54, 1.807) is 0 Å². The van der Waals surface area contributed by atoms with Crippen molar-refractivity contribution in [3.63, 3.8) is 0 Å². The zero-order valence-electron chi connectivity index (χ0n) is 21.3. The third-order valence-electron chi connectivity index (χ3n) is 6.25. The van der Waals surface area contributed by atoms with Crippen molar-refractivity contribution in [1.29, 1.82) is 0 Å². The lowest BCUT2D eigenvalue weighted by molar-refractivity contribution is 0.426. The molecule has 0 aromatic heterocycles. The van der Waals surface area contributed by atoms with Gasteiger partial charge in [-0.05, 0) is 52.3 Å². The van der Waals surface area contributed by atoms with Crippen molar-refractivity contribution in [2.45, 2.75) is 111 Å². The molecule has 0 spiro atoms. The zero-order chi connectivity index (χ0) is 23.6. The summed E-state index contributed by atoms with van der Waals surface area (Å²) < 4.78 is 0. The number of phenols is 2. The minimum absolute atomic E-state index is 0.0455. The highest BCUT2D eigenvalue weighted by atomic mass is 16.3. The number of aromatic hydroxyl groups is 2. The Morgan fingerprint density at radius 1 is 0.645 bits per heavy atom. The molecule has 2 aromatic rings. The third-order valence-corrected chi connectivity index (χ3v) is 6.25. The fourth-order valence-corrected chi connectivity index (χ4v) is 4.59. The van der Waals surface area contributed by atoms with Crippen LogP contribution in [0.5, 0.6) is 11.5 Å². The molecule has 0 atom stereocenters. The fraction of sp³-hybridized carbons (Fsp3) is 0.586. The van der Waals surface area contributed by atoms with Crippen LogP contribution in [0.15, 0.2) is 24.3 Å². The second-order valence-electron chi connectivity index (χ2n) is 11.1. The smallest absolute Gasteiger partial charge is 0.123 e. The molecule has 0 heterocycles. The van der Waals surface area contributed by atoms with E-state index < -0.39 is 0 Å².